The van der Waals surface area contributed by atoms with E-state index in [-0.39, 0.29) is 11.3 Å². The first-order chi connectivity index (χ1) is 9.49. The van der Waals surface area contributed by atoms with E-state index in [1.807, 2.05) is 6.92 Å². The Kier molecular flexibility index (Phi) is 4.09. The second-order valence-electron chi connectivity index (χ2n) is 4.07. The Hall–Kier alpha value is -2.28. The summed E-state index contributed by atoms with van der Waals surface area (Å²) in [4.78, 5) is 26.3. The fourth-order valence-electron chi connectivity index (χ4n) is 1.60. The third kappa shape index (κ3) is 3.00. The minimum absolute atomic E-state index is 0.149. The van der Waals surface area contributed by atoms with Crippen molar-refractivity contribution in [3.63, 3.8) is 0 Å². The van der Waals surface area contributed by atoms with E-state index in [0.717, 1.165) is 5.56 Å². The molecule has 102 valence electrons. The van der Waals surface area contributed by atoms with Gasteiger partial charge in [0.25, 0.3) is 11.6 Å². The highest BCUT2D eigenvalue weighted by atomic mass is 79.9. The number of rotatable bonds is 3. The van der Waals surface area contributed by atoms with Crippen LogP contribution in [-0.4, -0.2) is 15.8 Å². The highest BCUT2D eigenvalue weighted by molar-refractivity contribution is 9.10. The molecule has 0 aliphatic carbocycles. The van der Waals surface area contributed by atoms with Gasteiger partial charge in [0, 0.05) is 29.7 Å². The van der Waals surface area contributed by atoms with E-state index in [9.17, 15) is 14.9 Å². The van der Waals surface area contributed by atoms with Crippen molar-refractivity contribution in [1.82, 2.24) is 4.98 Å². The van der Waals surface area contributed by atoms with E-state index in [4.69, 9.17) is 0 Å². The molecule has 1 heterocycles. The number of anilines is 1. The Bertz CT molecular complexity index is 688. The summed E-state index contributed by atoms with van der Waals surface area (Å²) in [7, 11) is 0. The second kappa shape index (κ2) is 5.79. The van der Waals surface area contributed by atoms with Crippen LogP contribution in [0.5, 0.6) is 0 Å². The van der Waals surface area contributed by atoms with Gasteiger partial charge >= 0.3 is 0 Å². The van der Waals surface area contributed by atoms with Crippen molar-refractivity contribution in [2.45, 2.75) is 6.92 Å². The summed E-state index contributed by atoms with van der Waals surface area (Å²) in [6, 6.07) is 5.89. The summed E-state index contributed by atoms with van der Waals surface area (Å²) in [5, 5.41) is 13.5. The number of hydrogen-bond acceptors (Lipinski definition) is 4. The molecule has 20 heavy (non-hydrogen) atoms. The minimum atomic E-state index is -0.543. The van der Waals surface area contributed by atoms with Crippen LogP contribution in [0.15, 0.2) is 41.1 Å². The number of amides is 1. The second-order valence-corrected chi connectivity index (χ2v) is 4.92. The van der Waals surface area contributed by atoms with Gasteiger partial charge < -0.3 is 5.32 Å². The lowest BCUT2D eigenvalue weighted by Gasteiger charge is -2.07. The van der Waals surface area contributed by atoms with E-state index in [0.29, 0.717) is 10.2 Å². The van der Waals surface area contributed by atoms with Gasteiger partial charge in [0.15, 0.2) is 0 Å². The summed E-state index contributed by atoms with van der Waals surface area (Å²) < 4.78 is 0.333. The first kappa shape index (κ1) is 14.1. The molecule has 7 heteroatoms. The molecule has 0 fully saturated rings. The molecule has 0 saturated carbocycles. The van der Waals surface area contributed by atoms with Crippen molar-refractivity contribution >= 4 is 33.2 Å². The molecule has 0 unspecified atom stereocenters. The van der Waals surface area contributed by atoms with Gasteiger partial charge in [0.2, 0.25) is 0 Å². The number of carbonyl (C=O) groups excluding carboxylic acids is 1. The maximum absolute atomic E-state index is 12.1. The zero-order chi connectivity index (χ0) is 14.7. The highest BCUT2D eigenvalue weighted by Crippen LogP contribution is 2.26. The van der Waals surface area contributed by atoms with Crippen molar-refractivity contribution in [2.75, 3.05) is 5.32 Å². The molecule has 0 spiro atoms. The number of nitrogens with one attached hydrogen (secondary N) is 1. The normalized spacial score (nSPS) is 10.1. The average Bonchev–Trinajstić information content (AvgIpc) is 2.41. The number of hydrogen-bond donors (Lipinski definition) is 1. The molecule has 0 radical (unpaired) electrons. The number of nitro groups is 1. The van der Waals surface area contributed by atoms with E-state index < -0.39 is 10.8 Å². The van der Waals surface area contributed by atoms with E-state index >= 15 is 0 Å². The summed E-state index contributed by atoms with van der Waals surface area (Å²) in [5.41, 5.74) is 1.50. The van der Waals surface area contributed by atoms with Crippen LogP contribution in [0, 0.1) is 17.0 Å². The van der Waals surface area contributed by atoms with Crippen molar-refractivity contribution in [3.8, 4) is 0 Å². The number of nitrogens with zero attached hydrogens (tertiary/aromatic N) is 2. The first-order valence-corrected chi connectivity index (χ1v) is 6.44. The summed E-state index contributed by atoms with van der Waals surface area (Å²) in [5.74, 6) is -0.408. The molecule has 1 aromatic carbocycles. The van der Waals surface area contributed by atoms with Gasteiger partial charge in [0.1, 0.15) is 0 Å². The first-order valence-electron chi connectivity index (χ1n) is 5.65. The molecular formula is C13H10BrN3O3. The molecular weight excluding hydrogens is 326 g/mol. The quantitative estimate of drug-likeness (QED) is 0.688. The standard InChI is InChI=1S/C13H10BrN3O3/c1-8-7-15-5-4-11(8)16-13(18)9-2-3-10(14)12(6-9)17(19)20/h2-7H,1H3,(H,15,16,18). The average molecular weight is 336 g/mol. The van der Waals surface area contributed by atoms with Gasteiger partial charge in [-0.25, -0.2) is 0 Å². The number of aryl methyl sites for hydroxylation is 1. The molecule has 2 rings (SSSR count). The lowest BCUT2D eigenvalue weighted by Crippen LogP contribution is -2.13. The van der Waals surface area contributed by atoms with Gasteiger partial charge in [-0.05, 0) is 46.6 Å². The summed E-state index contributed by atoms with van der Waals surface area (Å²) in [6.45, 7) is 1.81. The van der Waals surface area contributed by atoms with Crippen molar-refractivity contribution < 1.29 is 9.72 Å². The van der Waals surface area contributed by atoms with Crippen molar-refractivity contribution in [2.24, 2.45) is 0 Å². The maximum Gasteiger partial charge on any atom is 0.284 e. The Balaban J connectivity index is 2.28. The number of pyridine rings is 1. The van der Waals surface area contributed by atoms with Gasteiger partial charge in [-0.15, -0.1) is 0 Å². The minimum Gasteiger partial charge on any atom is -0.322 e. The number of nitro benzene ring substituents is 1. The van der Waals surface area contributed by atoms with Gasteiger partial charge in [-0.3, -0.25) is 19.9 Å². The van der Waals surface area contributed by atoms with Crippen LogP contribution in [-0.2, 0) is 0 Å². The van der Waals surface area contributed by atoms with Crippen LogP contribution in [0.1, 0.15) is 15.9 Å². The van der Waals surface area contributed by atoms with Crippen molar-refractivity contribution in [1.29, 1.82) is 0 Å². The molecule has 2 aromatic rings. The van der Waals surface area contributed by atoms with Crippen molar-refractivity contribution in [3.05, 3.63) is 62.4 Å². The predicted molar refractivity (Wildman–Crippen MR) is 77.7 cm³/mol. The Labute approximate surface area is 123 Å². The molecule has 0 aliphatic rings. The Morgan fingerprint density at radius 2 is 2.15 bits per heavy atom. The topological polar surface area (TPSA) is 85.1 Å². The van der Waals surface area contributed by atoms with Gasteiger partial charge in [-0.2, -0.15) is 0 Å². The summed E-state index contributed by atoms with van der Waals surface area (Å²) >= 11 is 3.08. The van der Waals surface area contributed by atoms with Crippen LogP contribution < -0.4 is 5.32 Å². The van der Waals surface area contributed by atoms with Crippen LogP contribution in [0.3, 0.4) is 0 Å². The molecule has 0 saturated heterocycles. The molecule has 0 bridgehead atoms. The summed E-state index contributed by atoms with van der Waals surface area (Å²) in [6.07, 6.45) is 3.19. The lowest BCUT2D eigenvalue weighted by atomic mass is 10.1. The predicted octanol–water partition coefficient (Wildman–Crippen LogP) is 3.31. The van der Waals surface area contributed by atoms with Crippen LogP contribution in [0.25, 0.3) is 0 Å². The molecule has 0 atom stereocenters. The van der Waals surface area contributed by atoms with Gasteiger partial charge in [-0.1, -0.05) is 0 Å². The SMILES string of the molecule is Cc1cnccc1NC(=O)c1ccc(Br)c([N+](=O)[O-])c1. The molecule has 1 N–H and O–H groups in total. The molecule has 6 nitrogen and oxygen atoms in total. The zero-order valence-electron chi connectivity index (χ0n) is 10.5. The van der Waals surface area contributed by atoms with E-state index in [2.05, 4.69) is 26.2 Å². The van der Waals surface area contributed by atoms with Gasteiger partial charge in [0.05, 0.1) is 9.40 Å². The van der Waals surface area contributed by atoms with Crippen LogP contribution in [0.2, 0.25) is 0 Å². The number of aromatic nitrogens is 1. The number of halogens is 1. The third-order valence-corrected chi connectivity index (χ3v) is 3.34. The molecule has 1 amide bonds. The fourth-order valence-corrected chi connectivity index (χ4v) is 1.99. The number of carbonyl (C=O) groups is 1. The third-order valence-electron chi connectivity index (χ3n) is 2.67. The van der Waals surface area contributed by atoms with Crippen LogP contribution in [0.4, 0.5) is 11.4 Å². The molecule has 1 aromatic heterocycles. The monoisotopic (exact) mass is 335 g/mol. The zero-order valence-corrected chi connectivity index (χ0v) is 12.0. The van der Waals surface area contributed by atoms with E-state index in [1.54, 1.807) is 18.5 Å². The Morgan fingerprint density at radius 3 is 2.80 bits per heavy atom. The maximum atomic E-state index is 12.1. The number of benzene rings is 1. The lowest BCUT2D eigenvalue weighted by molar-refractivity contribution is -0.385. The van der Waals surface area contributed by atoms with Crippen LogP contribution >= 0.6 is 15.9 Å². The van der Waals surface area contributed by atoms with E-state index in [1.165, 1.54) is 18.2 Å². The Morgan fingerprint density at radius 1 is 1.40 bits per heavy atom. The highest BCUT2D eigenvalue weighted by Gasteiger charge is 2.16. The fraction of sp³-hybridized carbons (Fsp3) is 0.0769. The molecule has 0 aliphatic heterocycles. The largest absolute Gasteiger partial charge is 0.322 e. The smallest absolute Gasteiger partial charge is 0.284 e.